The number of hydrogen-bond acceptors (Lipinski definition) is 4. The number of carbonyl (C=O) groups is 1. The van der Waals surface area contributed by atoms with Crippen LogP contribution in [0.15, 0.2) is 36.5 Å². The molecule has 1 fully saturated rings. The molecule has 1 aliphatic rings. The van der Waals surface area contributed by atoms with Gasteiger partial charge in [-0.25, -0.2) is 4.68 Å². The molecule has 0 atom stereocenters. The molecule has 0 unspecified atom stereocenters. The van der Waals surface area contributed by atoms with Crippen molar-refractivity contribution in [3.05, 3.63) is 47.8 Å². The molecule has 1 amide bonds. The normalized spacial score (nSPS) is 16.0. The van der Waals surface area contributed by atoms with Gasteiger partial charge in [-0.1, -0.05) is 0 Å². The minimum atomic E-state index is -0.0917. The molecule has 6 heteroatoms. The Kier molecular flexibility index (Phi) is 5.20. The van der Waals surface area contributed by atoms with E-state index in [9.17, 15) is 4.79 Å². The standard InChI is InChI=1S/C19H26N4O2/c1-15-8-9-21-23(15)17-6-4-16(5-7-17)18(24)20-14-19(2,3)22-10-12-25-13-11-22/h4-9H,10-14H2,1-3H3,(H,20,24). The highest BCUT2D eigenvalue weighted by Gasteiger charge is 2.28. The van der Waals surface area contributed by atoms with Crippen LogP contribution < -0.4 is 5.32 Å². The molecule has 1 aliphatic heterocycles. The van der Waals surface area contributed by atoms with Crippen LogP contribution in [0.2, 0.25) is 0 Å². The van der Waals surface area contributed by atoms with E-state index in [-0.39, 0.29) is 11.4 Å². The Morgan fingerprint density at radius 2 is 1.88 bits per heavy atom. The largest absolute Gasteiger partial charge is 0.379 e. The van der Waals surface area contributed by atoms with E-state index in [0.717, 1.165) is 37.7 Å². The lowest BCUT2D eigenvalue weighted by atomic mass is 10.0. The van der Waals surface area contributed by atoms with Crippen LogP contribution in [0.4, 0.5) is 0 Å². The van der Waals surface area contributed by atoms with Gasteiger partial charge in [-0.15, -0.1) is 0 Å². The summed E-state index contributed by atoms with van der Waals surface area (Å²) < 4.78 is 7.25. The second-order valence-corrected chi connectivity index (χ2v) is 7.03. The first kappa shape index (κ1) is 17.6. The molecule has 3 rings (SSSR count). The van der Waals surface area contributed by atoms with Gasteiger partial charge in [0, 0.05) is 42.6 Å². The van der Waals surface area contributed by atoms with Crippen molar-refractivity contribution in [2.75, 3.05) is 32.8 Å². The molecular weight excluding hydrogens is 316 g/mol. The number of benzene rings is 1. The first-order valence-corrected chi connectivity index (χ1v) is 8.69. The predicted molar refractivity (Wildman–Crippen MR) is 97.1 cm³/mol. The molecule has 1 aromatic carbocycles. The van der Waals surface area contributed by atoms with Gasteiger partial charge in [0.05, 0.1) is 18.9 Å². The van der Waals surface area contributed by atoms with Crippen LogP contribution in [0.5, 0.6) is 0 Å². The van der Waals surface area contributed by atoms with Gasteiger partial charge in [0.2, 0.25) is 0 Å². The fraction of sp³-hybridized carbons (Fsp3) is 0.474. The smallest absolute Gasteiger partial charge is 0.251 e. The summed E-state index contributed by atoms with van der Waals surface area (Å²) in [6, 6.07) is 9.47. The highest BCUT2D eigenvalue weighted by Crippen LogP contribution is 2.16. The third-order valence-electron chi connectivity index (χ3n) is 4.75. The zero-order chi connectivity index (χ0) is 17.9. The van der Waals surface area contributed by atoms with Gasteiger partial charge < -0.3 is 10.1 Å². The minimum absolute atomic E-state index is 0.0509. The number of carbonyl (C=O) groups excluding carboxylic acids is 1. The van der Waals surface area contributed by atoms with Crippen molar-refractivity contribution in [2.45, 2.75) is 26.3 Å². The number of hydrogen-bond donors (Lipinski definition) is 1. The van der Waals surface area contributed by atoms with Crippen LogP contribution in [0.1, 0.15) is 29.9 Å². The highest BCUT2D eigenvalue weighted by atomic mass is 16.5. The van der Waals surface area contributed by atoms with E-state index in [1.807, 2.05) is 41.9 Å². The molecule has 1 saturated heterocycles. The van der Waals surface area contributed by atoms with Crippen LogP contribution in [-0.2, 0) is 4.74 Å². The summed E-state index contributed by atoms with van der Waals surface area (Å²) in [5.74, 6) is -0.0509. The van der Waals surface area contributed by atoms with Gasteiger partial charge in [-0.05, 0) is 51.1 Å². The number of aryl methyl sites for hydroxylation is 1. The Morgan fingerprint density at radius 1 is 1.20 bits per heavy atom. The summed E-state index contributed by atoms with van der Waals surface area (Å²) in [4.78, 5) is 14.8. The first-order chi connectivity index (χ1) is 12.0. The third kappa shape index (κ3) is 4.08. The molecule has 1 aromatic heterocycles. The van der Waals surface area contributed by atoms with Crippen molar-refractivity contribution in [2.24, 2.45) is 0 Å². The monoisotopic (exact) mass is 342 g/mol. The fourth-order valence-electron chi connectivity index (χ4n) is 3.07. The highest BCUT2D eigenvalue weighted by molar-refractivity contribution is 5.94. The molecule has 6 nitrogen and oxygen atoms in total. The van der Waals surface area contributed by atoms with E-state index >= 15 is 0 Å². The zero-order valence-corrected chi connectivity index (χ0v) is 15.2. The molecule has 0 bridgehead atoms. The molecule has 25 heavy (non-hydrogen) atoms. The summed E-state index contributed by atoms with van der Waals surface area (Å²) in [5, 5.41) is 7.34. The Morgan fingerprint density at radius 3 is 2.48 bits per heavy atom. The van der Waals surface area contributed by atoms with E-state index < -0.39 is 0 Å². The van der Waals surface area contributed by atoms with Crippen LogP contribution in [0.3, 0.4) is 0 Å². The number of nitrogens with zero attached hydrogens (tertiary/aromatic N) is 3. The van der Waals surface area contributed by atoms with Crippen molar-refractivity contribution in [3.8, 4) is 5.69 Å². The summed E-state index contributed by atoms with van der Waals surface area (Å²) in [5.41, 5.74) is 2.58. The lowest BCUT2D eigenvalue weighted by Crippen LogP contribution is -2.55. The van der Waals surface area contributed by atoms with E-state index in [4.69, 9.17) is 4.74 Å². The number of aromatic nitrogens is 2. The average Bonchev–Trinajstić information content (AvgIpc) is 3.06. The van der Waals surface area contributed by atoms with Crippen molar-refractivity contribution in [1.29, 1.82) is 0 Å². The van der Waals surface area contributed by atoms with Gasteiger partial charge in [0.25, 0.3) is 5.91 Å². The topological polar surface area (TPSA) is 59.4 Å². The van der Waals surface area contributed by atoms with Crippen LogP contribution in [0.25, 0.3) is 5.69 Å². The molecule has 1 N–H and O–H groups in total. The predicted octanol–water partition coefficient (Wildman–Crippen LogP) is 2.02. The van der Waals surface area contributed by atoms with Gasteiger partial charge >= 0.3 is 0 Å². The minimum Gasteiger partial charge on any atom is -0.379 e. The quantitative estimate of drug-likeness (QED) is 0.903. The summed E-state index contributed by atoms with van der Waals surface area (Å²) in [6.07, 6.45) is 1.77. The Balaban J connectivity index is 1.60. The Hall–Kier alpha value is -2.18. The number of rotatable bonds is 5. The number of amides is 1. The van der Waals surface area contributed by atoms with Gasteiger partial charge in [0.1, 0.15) is 0 Å². The maximum atomic E-state index is 12.5. The third-order valence-corrected chi connectivity index (χ3v) is 4.75. The molecule has 0 saturated carbocycles. The first-order valence-electron chi connectivity index (χ1n) is 8.69. The summed E-state index contributed by atoms with van der Waals surface area (Å²) in [7, 11) is 0. The molecule has 0 radical (unpaired) electrons. The van der Waals surface area contributed by atoms with Crippen LogP contribution in [0, 0.1) is 6.92 Å². The van der Waals surface area contributed by atoms with E-state index in [2.05, 4.69) is 29.2 Å². The lowest BCUT2D eigenvalue weighted by molar-refractivity contribution is -0.00923. The van der Waals surface area contributed by atoms with Gasteiger partial charge in [-0.2, -0.15) is 5.10 Å². The zero-order valence-electron chi connectivity index (χ0n) is 15.2. The fourth-order valence-corrected chi connectivity index (χ4v) is 3.07. The average molecular weight is 342 g/mol. The SMILES string of the molecule is Cc1ccnn1-c1ccc(C(=O)NCC(C)(C)N2CCOCC2)cc1. The van der Waals surface area contributed by atoms with Crippen molar-refractivity contribution in [3.63, 3.8) is 0 Å². The van der Waals surface area contributed by atoms with Gasteiger partial charge in [0.15, 0.2) is 0 Å². The molecule has 2 aromatic rings. The van der Waals surface area contributed by atoms with Crippen molar-refractivity contribution >= 4 is 5.91 Å². The maximum absolute atomic E-state index is 12.5. The van der Waals surface area contributed by atoms with E-state index in [0.29, 0.717) is 12.1 Å². The molecule has 0 spiro atoms. The van der Waals surface area contributed by atoms with Crippen molar-refractivity contribution in [1.82, 2.24) is 20.0 Å². The number of ether oxygens (including phenoxy) is 1. The number of morpholine rings is 1. The maximum Gasteiger partial charge on any atom is 0.251 e. The Bertz CT molecular complexity index is 715. The van der Waals surface area contributed by atoms with E-state index in [1.165, 1.54) is 0 Å². The molecular formula is C19H26N4O2. The van der Waals surface area contributed by atoms with E-state index in [1.54, 1.807) is 6.20 Å². The Labute approximate surface area is 148 Å². The molecule has 134 valence electrons. The summed E-state index contributed by atoms with van der Waals surface area (Å²) >= 11 is 0. The molecule has 0 aliphatic carbocycles. The second-order valence-electron chi connectivity index (χ2n) is 7.03. The van der Waals surface area contributed by atoms with Crippen molar-refractivity contribution < 1.29 is 9.53 Å². The number of nitrogens with one attached hydrogen (secondary N) is 1. The molecule has 2 heterocycles. The van der Waals surface area contributed by atoms with Crippen LogP contribution in [-0.4, -0.2) is 59.0 Å². The lowest BCUT2D eigenvalue weighted by Gasteiger charge is -2.40. The van der Waals surface area contributed by atoms with Gasteiger partial charge in [-0.3, -0.25) is 9.69 Å². The summed E-state index contributed by atoms with van der Waals surface area (Å²) in [6.45, 7) is 10.2. The second kappa shape index (κ2) is 7.37. The van der Waals surface area contributed by atoms with Crippen LogP contribution >= 0.6 is 0 Å².